The number of thiazole rings is 1. The number of hydrogen-bond acceptors (Lipinski definition) is 3. The largest absolute Gasteiger partial charge is 0.494 e. The Bertz CT molecular complexity index is 492. The molecule has 0 N–H and O–H groups in total. The Morgan fingerprint density at radius 2 is 2.17 bits per heavy atom. The second-order valence-electron chi connectivity index (χ2n) is 4.35. The van der Waals surface area contributed by atoms with E-state index in [1.807, 2.05) is 12.1 Å². The Morgan fingerprint density at radius 3 is 2.94 bits per heavy atom. The first-order chi connectivity index (χ1) is 8.83. The molecule has 1 radical (unpaired) electrons. The summed E-state index contributed by atoms with van der Waals surface area (Å²) in [6, 6.07) is 6.20. The van der Waals surface area contributed by atoms with Crippen molar-refractivity contribution >= 4 is 21.6 Å². The van der Waals surface area contributed by atoms with Crippen molar-refractivity contribution in [1.82, 2.24) is 4.98 Å². The summed E-state index contributed by atoms with van der Waals surface area (Å²) in [5, 5.41) is 1.19. The Balaban J connectivity index is 1.93. The summed E-state index contributed by atoms with van der Waals surface area (Å²) in [5.74, 6) is 0.935. The van der Waals surface area contributed by atoms with Crippen molar-refractivity contribution in [3.63, 3.8) is 0 Å². The van der Waals surface area contributed by atoms with Gasteiger partial charge in [-0.3, -0.25) is 0 Å². The molecule has 0 aliphatic carbocycles. The molecule has 97 valence electrons. The first kappa shape index (κ1) is 13.3. The van der Waals surface area contributed by atoms with Gasteiger partial charge in [0.15, 0.2) is 0 Å². The van der Waals surface area contributed by atoms with E-state index in [2.05, 4.69) is 24.9 Å². The van der Waals surface area contributed by atoms with Crippen molar-refractivity contribution < 1.29 is 4.74 Å². The van der Waals surface area contributed by atoms with Gasteiger partial charge in [0, 0.05) is 6.07 Å². The predicted molar refractivity (Wildman–Crippen MR) is 78.3 cm³/mol. The van der Waals surface area contributed by atoms with Crippen LogP contribution in [0.15, 0.2) is 18.2 Å². The lowest BCUT2D eigenvalue weighted by Gasteiger charge is -2.05. The molecule has 0 spiro atoms. The van der Waals surface area contributed by atoms with Gasteiger partial charge in [-0.1, -0.05) is 33.1 Å². The fourth-order valence-corrected chi connectivity index (χ4v) is 2.73. The molecule has 0 unspecified atom stereocenters. The van der Waals surface area contributed by atoms with Crippen LogP contribution < -0.4 is 4.74 Å². The van der Waals surface area contributed by atoms with Crippen LogP contribution in [0.3, 0.4) is 0 Å². The van der Waals surface area contributed by atoms with Crippen molar-refractivity contribution in [3.05, 3.63) is 30.1 Å². The molecule has 1 heterocycles. The molecule has 0 bridgehead atoms. The maximum Gasteiger partial charge on any atom is 0.121 e. The Labute approximate surface area is 113 Å². The molecule has 0 atom stereocenters. The van der Waals surface area contributed by atoms with Crippen LogP contribution in [0.1, 0.15) is 37.6 Å². The highest BCUT2D eigenvalue weighted by atomic mass is 32.1. The fourth-order valence-electron chi connectivity index (χ4n) is 1.84. The average Bonchev–Trinajstić information content (AvgIpc) is 2.80. The third-order valence-electron chi connectivity index (χ3n) is 2.87. The van der Waals surface area contributed by atoms with E-state index in [1.54, 1.807) is 11.3 Å². The van der Waals surface area contributed by atoms with Crippen LogP contribution in [0.5, 0.6) is 5.75 Å². The third-order valence-corrected chi connectivity index (χ3v) is 4.05. The van der Waals surface area contributed by atoms with Gasteiger partial charge >= 0.3 is 0 Å². The van der Waals surface area contributed by atoms with Gasteiger partial charge in [-0.25, -0.2) is 4.98 Å². The van der Waals surface area contributed by atoms with Crippen molar-refractivity contribution in [2.24, 2.45) is 0 Å². The first-order valence-electron chi connectivity index (χ1n) is 6.65. The maximum absolute atomic E-state index is 5.75. The number of aromatic nitrogens is 1. The molecular weight excluding hydrogens is 242 g/mol. The van der Waals surface area contributed by atoms with E-state index in [0.717, 1.165) is 37.1 Å². The van der Waals surface area contributed by atoms with Gasteiger partial charge in [0.1, 0.15) is 5.75 Å². The molecule has 1 aromatic heterocycles. The monoisotopic (exact) mass is 262 g/mol. The normalized spacial score (nSPS) is 11.0. The lowest BCUT2D eigenvalue weighted by molar-refractivity contribution is 0.306. The highest BCUT2D eigenvalue weighted by Crippen LogP contribution is 2.26. The van der Waals surface area contributed by atoms with E-state index in [4.69, 9.17) is 4.74 Å². The molecule has 3 heteroatoms. The van der Waals surface area contributed by atoms with Gasteiger partial charge in [-0.15, -0.1) is 11.3 Å². The van der Waals surface area contributed by atoms with Crippen molar-refractivity contribution in [2.75, 3.05) is 6.61 Å². The fraction of sp³-hybridized carbons (Fsp3) is 0.467. The highest BCUT2D eigenvalue weighted by molar-refractivity contribution is 7.18. The summed E-state index contributed by atoms with van der Waals surface area (Å²) in [5.41, 5.74) is 1.06. The second kappa shape index (κ2) is 6.74. The number of unbranched alkanes of at least 4 members (excludes halogenated alkanes) is 3. The molecule has 0 saturated carbocycles. The standard InChI is InChI=1S/C15H20NOS/c1-3-5-6-7-10-17-12-8-9-14-13(11-12)16-15(4-2)18-14/h8-9,11H,1,3-7,10H2,2H3. The Morgan fingerprint density at radius 1 is 1.28 bits per heavy atom. The van der Waals surface area contributed by atoms with E-state index in [9.17, 15) is 0 Å². The molecule has 1 aromatic carbocycles. The molecule has 0 aliphatic rings. The molecule has 2 rings (SSSR count). The lowest BCUT2D eigenvalue weighted by Crippen LogP contribution is -1.96. The highest BCUT2D eigenvalue weighted by Gasteiger charge is 2.03. The zero-order valence-corrected chi connectivity index (χ0v) is 11.8. The average molecular weight is 262 g/mol. The second-order valence-corrected chi connectivity index (χ2v) is 5.47. The van der Waals surface area contributed by atoms with E-state index in [1.165, 1.54) is 22.5 Å². The molecule has 0 saturated heterocycles. The third kappa shape index (κ3) is 3.45. The number of ether oxygens (including phenoxy) is 1. The number of aryl methyl sites for hydroxylation is 1. The summed E-state index contributed by atoms with van der Waals surface area (Å²) in [6.07, 6.45) is 5.51. The molecule has 2 aromatic rings. The first-order valence-corrected chi connectivity index (χ1v) is 7.46. The molecule has 0 amide bonds. The molecule has 0 fully saturated rings. The summed E-state index contributed by atoms with van der Waals surface area (Å²) in [4.78, 5) is 4.58. The van der Waals surface area contributed by atoms with Crippen LogP contribution in [-0.2, 0) is 6.42 Å². The number of fused-ring (bicyclic) bond motifs is 1. The van der Waals surface area contributed by atoms with Crippen LogP contribution in [-0.4, -0.2) is 11.6 Å². The number of benzene rings is 1. The van der Waals surface area contributed by atoms with E-state index in [-0.39, 0.29) is 0 Å². The Hall–Kier alpha value is -1.09. The van der Waals surface area contributed by atoms with Crippen molar-refractivity contribution in [1.29, 1.82) is 0 Å². The Kier molecular flexibility index (Phi) is 5.00. The number of nitrogens with zero attached hydrogens (tertiary/aromatic N) is 1. The number of hydrogen-bond donors (Lipinski definition) is 0. The molecule has 2 nitrogen and oxygen atoms in total. The summed E-state index contributed by atoms with van der Waals surface area (Å²) >= 11 is 1.77. The quantitative estimate of drug-likeness (QED) is 0.679. The van der Waals surface area contributed by atoms with Crippen LogP contribution in [0.2, 0.25) is 0 Å². The van der Waals surface area contributed by atoms with Crippen LogP contribution >= 0.6 is 11.3 Å². The van der Waals surface area contributed by atoms with Crippen molar-refractivity contribution in [2.45, 2.75) is 39.0 Å². The minimum atomic E-state index is 0.788. The topological polar surface area (TPSA) is 22.1 Å². The summed E-state index contributed by atoms with van der Waals surface area (Å²) in [6.45, 7) is 6.76. The van der Waals surface area contributed by atoms with Gasteiger partial charge in [-0.2, -0.15) is 0 Å². The summed E-state index contributed by atoms with van der Waals surface area (Å²) < 4.78 is 6.99. The lowest BCUT2D eigenvalue weighted by atomic mass is 10.2. The minimum Gasteiger partial charge on any atom is -0.494 e. The van der Waals surface area contributed by atoms with E-state index >= 15 is 0 Å². The predicted octanol–water partition coefficient (Wildman–Crippen LogP) is 4.63. The summed E-state index contributed by atoms with van der Waals surface area (Å²) in [7, 11) is 0. The van der Waals surface area contributed by atoms with Crippen LogP contribution in [0.25, 0.3) is 10.2 Å². The maximum atomic E-state index is 5.75. The molecular formula is C15H20NOS. The van der Waals surface area contributed by atoms with Gasteiger partial charge in [0.2, 0.25) is 0 Å². The van der Waals surface area contributed by atoms with Gasteiger partial charge in [0.25, 0.3) is 0 Å². The zero-order chi connectivity index (χ0) is 12.8. The van der Waals surface area contributed by atoms with Gasteiger partial charge in [0.05, 0.1) is 21.8 Å². The van der Waals surface area contributed by atoms with Gasteiger partial charge in [-0.05, 0) is 25.0 Å². The van der Waals surface area contributed by atoms with E-state index in [0.29, 0.717) is 0 Å². The van der Waals surface area contributed by atoms with Crippen LogP contribution in [0.4, 0.5) is 0 Å². The molecule has 18 heavy (non-hydrogen) atoms. The molecule has 0 aliphatic heterocycles. The SMILES string of the molecule is [CH2]CCCCCOc1ccc2sc(CC)nc2c1. The van der Waals surface area contributed by atoms with E-state index < -0.39 is 0 Å². The zero-order valence-electron chi connectivity index (χ0n) is 10.9. The smallest absolute Gasteiger partial charge is 0.121 e. The van der Waals surface area contributed by atoms with Crippen molar-refractivity contribution in [3.8, 4) is 5.75 Å². The minimum absolute atomic E-state index is 0.788. The number of rotatable bonds is 7. The van der Waals surface area contributed by atoms with Gasteiger partial charge < -0.3 is 4.74 Å². The van der Waals surface area contributed by atoms with Crippen LogP contribution in [0, 0.1) is 6.92 Å².